The number of ether oxygens (including phenoxy) is 1. The van der Waals surface area contributed by atoms with Crippen LogP contribution >= 0.6 is 0 Å². The lowest BCUT2D eigenvalue weighted by atomic mass is 10.1. The lowest BCUT2D eigenvalue weighted by Gasteiger charge is -2.14. The van der Waals surface area contributed by atoms with Crippen LogP contribution in [0.1, 0.15) is 47.2 Å². The van der Waals surface area contributed by atoms with Crippen molar-refractivity contribution >= 4 is 16.8 Å². The number of carbonyl (C=O) groups excluding carboxylic acids is 1. The lowest BCUT2D eigenvalue weighted by molar-refractivity contribution is 0.0940. The van der Waals surface area contributed by atoms with Crippen LogP contribution in [-0.2, 0) is 14.1 Å². The van der Waals surface area contributed by atoms with Crippen molar-refractivity contribution in [3.63, 3.8) is 0 Å². The Morgan fingerprint density at radius 3 is 2.62 bits per heavy atom. The topological polar surface area (TPSA) is 61.1 Å². The molecule has 0 spiro atoms. The van der Waals surface area contributed by atoms with E-state index in [0.717, 1.165) is 33.6 Å². The first-order valence-corrected chi connectivity index (χ1v) is 8.86. The molecular formula is C20H26N4O2. The minimum absolute atomic E-state index is 0.0856. The highest BCUT2D eigenvalue weighted by molar-refractivity contribution is 6.08. The van der Waals surface area contributed by atoms with E-state index in [1.807, 2.05) is 75.4 Å². The number of rotatable bonds is 5. The third kappa shape index (κ3) is 2.96. The number of nitrogens with one attached hydrogen (secondary N) is 1. The number of amides is 1. The van der Waals surface area contributed by atoms with E-state index >= 15 is 0 Å². The molecule has 1 amide bonds. The fourth-order valence-electron chi connectivity index (χ4n) is 3.38. The van der Waals surface area contributed by atoms with Gasteiger partial charge in [0.05, 0.1) is 24.4 Å². The standard InChI is InChI=1S/C20H26N4O2/c1-7-26-15-8-9-18-16(10-15)19(14(4)23(18)5)20(25)22-12(2)17-11-21-24(6)13(17)3/h8-12H,7H2,1-6H3,(H,22,25)/t12-/m0/s1. The fraction of sp³-hybridized carbons (Fsp3) is 0.400. The van der Waals surface area contributed by atoms with Gasteiger partial charge in [-0.2, -0.15) is 5.10 Å². The first-order chi connectivity index (χ1) is 12.3. The van der Waals surface area contributed by atoms with Crippen LogP contribution in [0.3, 0.4) is 0 Å². The van der Waals surface area contributed by atoms with Crippen LogP contribution in [0.4, 0.5) is 0 Å². The third-order valence-corrected chi connectivity index (χ3v) is 5.09. The van der Waals surface area contributed by atoms with Gasteiger partial charge >= 0.3 is 0 Å². The summed E-state index contributed by atoms with van der Waals surface area (Å²) >= 11 is 0. The summed E-state index contributed by atoms with van der Waals surface area (Å²) in [6.45, 7) is 8.49. The highest BCUT2D eigenvalue weighted by Crippen LogP contribution is 2.29. The number of hydrogen-bond acceptors (Lipinski definition) is 3. The highest BCUT2D eigenvalue weighted by atomic mass is 16.5. The molecule has 3 aromatic rings. The molecular weight excluding hydrogens is 328 g/mol. The molecule has 138 valence electrons. The van der Waals surface area contributed by atoms with Gasteiger partial charge in [0.2, 0.25) is 0 Å². The van der Waals surface area contributed by atoms with Crippen molar-refractivity contribution in [1.82, 2.24) is 19.7 Å². The zero-order valence-corrected chi connectivity index (χ0v) is 16.3. The van der Waals surface area contributed by atoms with E-state index in [-0.39, 0.29) is 11.9 Å². The van der Waals surface area contributed by atoms with Crippen LogP contribution in [0.25, 0.3) is 10.9 Å². The molecule has 1 N–H and O–H groups in total. The number of fused-ring (bicyclic) bond motifs is 1. The Bertz CT molecular complexity index is 968. The van der Waals surface area contributed by atoms with E-state index in [1.165, 1.54) is 0 Å². The summed E-state index contributed by atoms with van der Waals surface area (Å²) in [6.07, 6.45) is 1.81. The molecule has 0 aliphatic carbocycles. The molecule has 1 atom stereocenters. The SMILES string of the molecule is CCOc1ccc2c(c1)c(C(=O)N[C@@H](C)c1cnn(C)c1C)c(C)n2C. The molecule has 0 aliphatic rings. The Balaban J connectivity index is 1.98. The van der Waals surface area contributed by atoms with Gasteiger partial charge in [-0.3, -0.25) is 9.48 Å². The molecule has 6 nitrogen and oxygen atoms in total. The van der Waals surface area contributed by atoms with E-state index in [0.29, 0.717) is 12.2 Å². The molecule has 3 rings (SSSR count). The summed E-state index contributed by atoms with van der Waals surface area (Å²) < 4.78 is 9.47. The minimum Gasteiger partial charge on any atom is -0.494 e. The van der Waals surface area contributed by atoms with Crippen LogP contribution in [0.5, 0.6) is 5.75 Å². The Morgan fingerprint density at radius 2 is 2.00 bits per heavy atom. The molecule has 0 radical (unpaired) electrons. The quantitative estimate of drug-likeness (QED) is 0.764. The molecule has 0 unspecified atom stereocenters. The van der Waals surface area contributed by atoms with Crippen molar-refractivity contribution in [2.45, 2.75) is 33.7 Å². The minimum atomic E-state index is -0.124. The van der Waals surface area contributed by atoms with Crippen molar-refractivity contribution in [2.24, 2.45) is 14.1 Å². The first kappa shape index (κ1) is 18.0. The van der Waals surface area contributed by atoms with Crippen LogP contribution in [0.2, 0.25) is 0 Å². The largest absolute Gasteiger partial charge is 0.494 e. The maximum atomic E-state index is 13.1. The number of aryl methyl sites for hydroxylation is 2. The number of nitrogens with zero attached hydrogens (tertiary/aromatic N) is 3. The summed E-state index contributed by atoms with van der Waals surface area (Å²) in [4.78, 5) is 13.1. The van der Waals surface area contributed by atoms with Gasteiger partial charge in [-0.25, -0.2) is 0 Å². The molecule has 26 heavy (non-hydrogen) atoms. The second kappa shape index (κ2) is 6.86. The summed E-state index contributed by atoms with van der Waals surface area (Å²) in [5.41, 5.74) is 4.71. The van der Waals surface area contributed by atoms with Crippen LogP contribution in [0, 0.1) is 13.8 Å². The third-order valence-electron chi connectivity index (χ3n) is 5.09. The predicted octanol–water partition coefficient (Wildman–Crippen LogP) is 3.42. The molecule has 0 bridgehead atoms. The van der Waals surface area contributed by atoms with Crippen molar-refractivity contribution in [2.75, 3.05) is 6.61 Å². The zero-order chi connectivity index (χ0) is 19.0. The van der Waals surface area contributed by atoms with E-state index in [4.69, 9.17) is 4.74 Å². The van der Waals surface area contributed by atoms with Crippen LogP contribution in [0.15, 0.2) is 24.4 Å². The Morgan fingerprint density at radius 1 is 1.27 bits per heavy atom. The van der Waals surface area contributed by atoms with E-state index in [9.17, 15) is 4.79 Å². The maximum absolute atomic E-state index is 13.1. The van der Waals surface area contributed by atoms with Gasteiger partial charge in [0.1, 0.15) is 5.75 Å². The molecule has 0 saturated carbocycles. The number of carbonyl (C=O) groups is 1. The second-order valence-corrected chi connectivity index (χ2v) is 6.64. The van der Waals surface area contributed by atoms with Gasteiger partial charge in [0.25, 0.3) is 5.91 Å². The predicted molar refractivity (Wildman–Crippen MR) is 103 cm³/mol. The average molecular weight is 354 g/mol. The molecule has 1 aromatic carbocycles. The van der Waals surface area contributed by atoms with Crippen molar-refractivity contribution in [1.29, 1.82) is 0 Å². The van der Waals surface area contributed by atoms with E-state index in [1.54, 1.807) is 0 Å². The molecule has 0 aliphatic heterocycles. The summed E-state index contributed by atoms with van der Waals surface area (Å²) in [6, 6.07) is 5.76. The summed E-state index contributed by atoms with van der Waals surface area (Å²) in [7, 11) is 3.88. The van der Waals surface area contributed by atoms with Gasteiger partial charge in [-0.05, 0) is 45.9 Å². The first-order valence-electron chi connectivity index (χ1n) is 8.86. The molecule has 2 aromatic heterocycles. The fourth-order valence-corrected chi connectivity index (χ4v) is 3.38. The molecule has 0 saturated heterocycles. The average Bonchev–Trinajstić information content (AvgIpc) is 3.06. The van der Waals surface area contributed by atoms with Crippen molar-refractivity contribution in [3.05, 3.63) is 46.9 Å². The Kier molecular flexibility index (Phi) is 4.76. The van der Waals surface area contributed by atoms with Crippen LogP contribution in [-0.4, -0.2) is 26.9 Å². The van der Waals surface area contributed by atoms with E-state index < -0.39 is 0 Å². The number of aromatic nitrogens is 3. The van der Waals surface area contributed by atoms with Gasteiger partial charge in [-0.1, -0.05) is 0 Å². The Hall–Kier alpha value is -2.76. The normalized spacial score (nSPS) is 12.4. The molecule has 0 fully saturated rings. The van der Waals surface area contributed by atoms with Gasteiger partial charge < -0.3 is 14.6 Å². The van der Waals surface area contributed by atoms with Gasteiger partial charge in [0, 0.05) is 41.9 Å². The van der Waals surface area contributed by atoms with Crippen molar-refractivity contribution in [3.8, 4) is 5.75 Å². The number of hydrogen-bond donors (Lipinski definition) is 1. The summed E-state index contributed by atoms with van der Waals surface area (Å²) in [5, 5.41) is 8.29. The molecule has 2 heterocycles. The lowest BCUT2D eigenvalue weighted by Crippen LogP contribution is -2.27. The molecule has 6 heteroatoms. The van der Waals surface area contributed by atoms with Crippen LogP contribution < -0.4 is 10.1 Å². The highest BCUT2D eigenvalue weighted by Gasteiger charge is 2.22. The Labute approximate surface area is 153 Å². The van der Waals surface area contributed by atoms with Gasteiger partial charge in [0.15, 0.2) is 0 Å². The van der Waals surface area contributed by atoms with Crippen molar-refractivity contribution < 1.29 is 9.53 Å². The zero-order valence-electron chi connectivity index (χ0n) is 16.3. The van der Waals surface area contributed by atoms with E-state index in [2.05, 4.69) is 10.4 Å². The maximum Gasteiger partial charge on any atom is 0.254 e. The van der Waals surface area contributed by atoms with Gasteiger partial charge in [-0.15, -0.1) is 0 Å². The second-order valence-electron chi connectivity index (χ2n) is 6.64. The number of benzene rings is 1. The smallest absolute Gasteiger partial charge is 0.254 e. The summed E-state index contributed by atoms with van der Waals surface area (Å²) in [5.74, 6) is 0.688. The monoisotopic (exact) mass is 354 g/mol.